The molecule has 35 heavy (non-hydrogen) atoms. The van der Waals surface area contributed by atoms with Crippen molar-refractivity contribution < 1.29 is 43.5 Å². The fourth-order valence-electron chi connectivity index (χ4n) is 4.49. The van der Waals surface area contributed by atoms with Gasteiger partial charge in [-0.3, -0.25) is 14.4 Å². The predicted molar refractivity (Wildman–Crippen MR) is 128 cm³/mol. The average Bonchev–Trinajstić information content (AvgIpc) is 3.15. The highest BCUT2D eigenvalue weighted by molar-refractivity contribution is 6.29. The van der Waals surface area contributed by atoms with Crippen molar-refractivity contribution in [3.05, 3.63) is 22.8 Å². The van der Waals surface area contributed by atoms with E-state index in [1.807, 2.05) is 6.08 Å². The van der Waals surface area contributed by atoms with Crippen molar-refractivity contribution in [3.63, 3.8) is 0 Å². The van der Waals surface area contributed by atoms with E-state index in [4.69, 9.17) is 35.7 Å². The minimum Gasteiger partial charge on any atom is -0.481 e. The molecule has 1 saturated heterocycles. The van der Waals surface area contributed by atoms with Crippen LogP contribution < -0.4 is 0 Å². The number of aliphatic hydroxyl groups is 1. The molecule has 0 spiro atoms. The molecule has 2 rings (SSSR count). The zero-order valence-electron chi connectivity index (χ0n) is 20.6. The Morgan fingerprint density at radius 3 is 2.60 bits per heavy atom. The van der Waals surface area contributed by atoms with E-state index in [1.165, 1.54) is 19.9 Å². The van der Waals surface area contributed by atoms with Crippen molar-refractivity contribution in [2.45, 2.75) is 96.2 Å². The number of aliphatic carboxylic acids is 1. The third-order valence-corrected chi connectivity index (χ3v) is 6.46. The Balaban J connectivity index is 2.20. The van der Waals surface area contributed by atoms with Gasteiger partial charge in [0.15, 0.2) is 0 Å². The van der Waals surface area contributed by atoms with E-state index in [1.54, 1.807) is 6.92 Å². The number of carboxylic acids is 1. The maximum Gasteiger partial charge on any atom is 0.307 e. The summed E-state index contributed by atoms with van der Waals surface area (Å²) in [7, 11) is 0. The van der Waals surface area contributed by atoms with Crippen LogP contribution in [0.15, 0.2) is 22.8 Å². The number of esters is 2. The Labute approximate surface area is 211 Å². The van der Waals surface area contributed by atoms with Gasteiger partial charge < -0.3 is 29.2 Å². The van der Waals surface area contributed by atoms with Crippen LogP contribution in [0.3, 0.4) is 0 Å². The SMILES string of the molecule is CC(=O)OCC1CC/C=C(/Cl)CC[C@@H]2C[C@@H](OCC[C@H]1OC(C)=O)[C@@H]([C@H](O)/C=C(\C)CC(=O)O)O2. The van der Waals surface area contributed by atoms with Crippen LogP contribution in [0.5, 0.6) is 0 Å². The first-order valence-corrected chi connectivity index (χ1v) is 12.4. The second kappa shape index (κ2) is 14.6. The molecule has 2 aliphatic heterocycles. The molecule has 0 aromatic heterocycles. The third-order valence-electron chi connectivity index (χ3n) is 6.12. The van der Waals surface area contributed by atoms with Crippen LogP contribution in [-0.2, 0) is 33.3 Å². The highest BCUT2D eigenvalue weighted by Gasteiger charge is 2.40. The van der Waals surface area contributed by atoms with E-state index in [-0.39, 0.29) is 31.7 Å². The normalized spacial score (nSPS) is 30.9. The van der Waals surface area contributed by atoms with Gasteiger partial charge in [-0.25, -0.2) is 0 Å². The fourth-order valence-corrected chi connectivity index (χ4v) is 4.71. The molecule has 6 atom stereocenters. The number of fused-ring (bicyclic) bond motifs is 2. The van der Waals surface area contributed by atoms with E-state index in [2.05, 4.69) is 0 Å². The molecule has 0 aliphatic carbocycles. The molecule has 0 radical (unpaired) electrons. The summed E-state index contributed by atoms with van der Waals surface area (Å²) in [5.74, 6) is -2.05. The number of halogens is 1. The van der Waals surface area contributed by atoms with E-state index in [0.29, 0.717) is 49.1 Å². The van der Waals surface area contributed by atoms with Crippen LogP contribution >= 0.6 is 11.6 Å². The quantitative estimate of drug-likeness (QED) is 0.385. The van der Waals surface area contributed by atoms with Crippen LogP contribution in [0, 0.1) is 5.92 Å². The van der Waals surface area contributed by atoms with Gasteiger partial charge >= 0.3 is 17.9 Å². The largest absolute Gasteiger partial charge is 0.481 e. The first-order valence-electron chi connectivity index (χ1n) is 12.0. The molecule has 198 valence electrons. The van der Waals surface area contributed by atoms with Crippen molar-refractivity contribution in [1.82, 2.24) is 0 Å². The van der Waals surface area contributed by atoms with Gasteiger partial charge in [0, 0.05) is 37.6 Å². The molecule has 1 fully saturated rings. The zero-order valence-corrected chi connectivity index (χ0v) is 21.4. The summed E-state index contributed by atoms with van der Waals surface area (Å²) in [5.41, 5.74) is 0.524. The number of carbonyl (C=O) groups is 3. The second-order valence-electron chi connectivity index (χ2n) is 9.21. The number of carboxylic acid groups (broad SMARTS) is 1. The standard InChI is InChI=1S/C25H37ClO9/c1-15(12-24(30)31)11-21(29)25-23-13-20(35-25)8-7-19(26)6-4-5-18(14-33-16(2)27)22(9-10-32-23)34-17(3)28/h6,11,18,20-23,25,29H,4-5,7-10,12-14H2,1-3H3,(H,30,31)/b15-11+,19-6+/t18?,20-,21-,22-,23-,25-/m1/s1. The highest BCUT2D eigenvalue weighted by Crippen LogP contribution is 2.32. The Morgan fingerprint density at radius 2 is 1.94 bits per heavy atom. The first kappa shape index (κ1) is 29.3. The summed E-state index contributed by atoms with van der Waals surface area (Å²) in [4.78, 5) is 34.1. The van der Waals surface area contributed by atoms with Gasteiger partial charge in [0.1, 0.15) is 18.3 Å². The Morgan fingerprint density at radius 1 is 1.20 bits per heavy atom. The molecule has 2 N–H and O–H groups in total. The molecule has 0 amide bonds. The lowest BCUT2D eigenvalue weighted by Gasteiger charge is -2.28. The predicted octanol–water partition coefficient (Wildman–Crippen LogP) is 3.51. The van der Waals surface area contributed by atoms with Gasteiger partial charge in [0.2, 0.25) is 0 Å². The van der Waals surface area contributed by atoms with Crippen LogP contribution in [-0.4, -0.2) is 71.9 Å². The third kappa shape index (κ3) is 10.7. The van der Waals surface area contributed by atoms with Gasteiger partial charge in [-0.05, 0) is 32.6 Å². The topological polar surface area (TPSA) is 129 Å². The fraction of sp³-hybridized carbons (Fsp3) is 0.720. The summed E-state index contributed by atoms with van der Waals surface area (Å²) in [6.45, 7) is 4.67. The zero-order chi connectivity index (χ0) is 26.0. The lowest BCUT2D eigenvalue weighted by molar-refractivity contribution is -0.155. The minimum atomic E-state index is -1.04. The molecule has 0 saturated carbocycles. The van der Waals surface area contributed by atoms with Gasteiger partial charge in [-0.15, -0.1) is 0 Å². The van der Waals surface area contributed by atoms with E-state index < -0.39 is 42.3 Å². The summed E-state index contributed by atoms with van der Waals surface area (Å²) >= 11 is 6.42. The van der Waals surface area contributed by atoms with Crippen molar-refractivity contribution in [2.75, 3.05) is 13.2 Å². The van der Waals surface area contributed by atoms with Crippen LogP contribution in [0.1, 0.15) is 65.7 Å². The molecule has 2 heterocycles. The molecule has 0 aromatic rings. The molecule has 9 nitrogen and oxygen atoms in total. The van der Waals surface area contributed by atoms with Crippen molar-refractivity contribution in [3.8, 4) is 0 Å². The van der Waals surface area contributed by atoms with E-state index in [9.17, 15) is 19.5 Å². The molecule has 0 aromatic carbocycles. The maximum atomic E-state index is 11.8. The first-order chi connectivity index (χ1) is 16.5. The molecule has 2 bridgehead atoms. The average molecular weight is 517 g/mol. The molecule has 1 unspecified atom stereocenters. The molecule has 2 aliphatic rings. The highest BCUT2D eigenvalue weighted by atomic mass is 35.5. The maximum absolute atomic E-state index is 11.8. The number of rotatable bonds is 7. The number of allylic oxidation sites excluding steroid dienone is 2. The number of carbonyl (C=O) groups excluding carboxylic acids is 2. The Hall–Kier alpha value is -1.94. The van der Waals surface area contributed by atoms with Crippen molar-refractivity contribution in [1.29, 1.82) is 0 Å². The lowest BCUT2D eigenvalue weighted by atomic mass is 9.94. The van der Waals surface area contributed by atoms with Gasteiger partial charge in [-0.2, -0.15) is 0 Å². The summed E-state index contributed by atoms with van der Waals surface area (Å²) in [5, 5.41) is 20.4. The number of aliphatic hydroxyl groups excluding tert-OH is 1. The summed E-state index contributed by atoms with van der Waals surface area (Å²) in [6.07, 6.45) is 3.84. The summed E-state index contributed by atoms with van der Waals surface area (Å²) < 4.78 is 23.0. The lowest BCUT2D eigenvalue weighted by Crippen LogP contribution is -2.37. The van der Waals surface area contributed by atoms with Gasteiger partial charge in [-0.1, -0.05) is 29.3 Å². The van der Waals surface area contributed by atoms with Gasteiger partial charge in [0.05, 0.1) is 31.8 Å². The van der Waals surface area contributed by atoms with Crippen LogP contribution in [0.25, 0.3) is 0 Å². The molecule has 10 heteroatoms. The van der Waals surface area contributed by atoms with Crippen LogP contribution in [0.2, 0.25) is 0 Å². The van der Waals surface area contributed by atoms with Crippen LogP contribution in [0.4, 0.5) is 0 Å². The monoisotopic (exact) mass is 516 g/mol. The Kier molecular flexibility index (Phi) is 12.2. The summed E-state index contributed by atoms with van der Waals surface area (Å²) in [6, 6.07) is 0. The number of ether oxygens (including phenoxy) is 4. The minimum absolute atomic E-state index is 0.113. The van der Waals surface area contributed by atoms with Crippen molar-refractivity contribution >= 4 is 29.5 Å². The van der Waals surface area contributed by atoms with E-state index >= 15 is 0 Å². The van der Waals surface area contributed by atoms with Crippen molar-refractivity contribution in [2.24, 2.45) is 5.92 Å². The Bertz CT molecular complexity index is 794. The molecular weight excluding hydrogens is 480 g/mol. The van der Waals surface area contributed by atoms with E-state index in [0.717, 1.165) is 0 Å². The second-order valence-corrected chi connectivity index (χ2v) is 9.69. The smallest absolute Gasteiger partial charge is 0.307 e. The number of hydrogen-bond acceptors (Lipinski definition) is 8. The van der Waals surface area contributed by atoms with Gasteiger partial charge in [0.25, 0.3) is 0 Å². The molecular formula is C25H37ClO9. The number of hydrogen-bond donors (Lipinski definition) is 2.